The second-order valence-corrected chi connectivity index (χ2v) is 6.51. The van der Waals surface area contributed by atoms with Crippen LogP contribution in [0.1, 0.15) is 31.0 Å². The Hall–Kier alpha value is -0.960. The second kappa shape index (κ2) is 8.47. The molecule has 2 aromatic carbocycles. The van der Waals surface area contributed by atoms with Gasteiger partial charge in [-0.1, -0.05) is 55.8 Å². The summed E-state index contributed by atoms with van der Waals surface area (Å²) in [4.78, 5) is 1.22. The summed E-state index contributed by atoms with van der Waals surface area (Å²) in [5.41, 5.74) is 2.76. The largest absolute Gasteiger partial charge is 0.309 e. The molecule has 1 N–H and O–H groups in total. The molecule has 0 aliphatic rings. The van der Waals surface area contributed by atoms with Crippen molar-refractivity contribution in [3.8, 4) is 0 Å². The third-order valence-corrected chi connectivity index (χ3v) is 4.75. The fourth-order valence-electron chi connectivity index (χ4n) is 2.29. The van der Waals surface area contributed by atoms with Crippen LogP contribution in [0.2, 0.25) is 5.02 Å². The van der Waals surface area contributed by atoms with Crippen molar-refractivity contribution in [1.29, 1.82) is 0 Å². The lowest BCUT2D eigenvalue weighted by Crippen LogP contribution is -2.23. The summed E-state index contributed by atoms with van der Waals surface area (Å²) in [6, 6.07) is 17.3. The lowest BCUT2D eigenvalue weighted by molar-refractivity contribution is 0.605. The van der Waals surface area contributed by atoms with E-state index in [0.717, 1.165) is 23.7 Å². The van der Waals surface area contributed by atoms with Gasteiger partial charge in [-0.25, -0.2) is 0 Å². The van der Waals surface area contributed by atoms with E-state index in [1.807, 2.05) is 30.0 Å². The molecule has 0 spiro atoms. The van der Waals surface area contributed by atoms with Gasteiger partial charge in [0, 0.05) is 21.7 Å². The highest BCUT2D eigenvalue weighted by Gasteiger charge is 2.11. The predicted molar refractivity (Wildman–Crippen MR) is 94.4 cm³/mol. The normalized spacial score (nSPS) is 12.3. The maximum atomic E-state index is 6.05. The van der Waals surface area contributed by atoms with Gasteiger partial charge in [-0.2, -0.15) is 0 Å². The average molecular weight is 320 g/mol. The smallest absolute Gasteiger partial charge is 0.0417 e. The molecule has 2 rings (SSSR count). The number of nitrogens with one attached hydrogen (secondary N) is 1. The quantitative estimate of drug-likeness (QED) is 0.691. The first-order valence-electron chi connectivity index (χ1n) is 7.43. The van der Waals surface area contributed by atoms with Crippen molar-refractivity contribution >= 4 is 23.4 Å². The van der Waals surface area contributed by atoms with Gasteiger partial charge in [0.1, 0.15) is 0 Å². The molecule has 3 heteroatoms. The molecule has 112 valence electrons. The maximum Gasteiger partial charge on any atom is 0.0417 e. The molecule has 0 aromatic heterocycles. The fourth-order valence-corrected chi connectivity index (χ4v) is 3.60. The van der Waals surface area contributed by atoms with Gasteiger partial charge in [0.15, 0.2) is 0 Å². The van der Waals surface area contributed by atoms with E-state index in [9.17, 15) is 0 Å². The third kappa shape index (κ3) is 5.06. The van der Waals surface area contributed by atoms with E-state index >= 15 is 0 Å². The standard InChI is InChI=1S/C18H22ClNS/c1-3-14-7-5-8-15(11-14)18(20-4-2)13-21-17-10-6-9-16(19)12-17/h5-12,18,20H,3-4,13H2,1-2H3. The molecule has 0 saturated heterocycles. The predicted octanol–water partition coefficient (Wildman–Crippen LogP) is 5.35. The minimum absolute atomic E-state index is 0.366. The summed E-state index contributed by atoms with van der Waals surface area (Å²) in [5, 5.41) is 4.38. The molecule has 0 amide bonds. The Labute approximate surface area is 137 Å². The number of halogens is 1. The van der Waals surface area contributed by atoms with Crippen LogP contribution < -0.4 is 5.32 Å². The monoisotopic (exact) mass is 319 g/mol. The summed E-state index contributed by atoms with van der Waals surface area (Å²) in [6.07, 6.45) is 1.08. The zero-order chi connectivity index (χ0) is 15.1. The fraction of sp³-hybridized carbons (Fsp3) is 0.333. The third-order valence-electron chi connectivity index (χ3n) is 3.42. The number of hydrogen-bond donors (Lipinski definition) is 1. The average Bonchev–Trinajstić information content (AvgIpc) is 2.51. The Kier molecular flexibility index (Phi) is 6.62. The summed E-state index contributed by atoms with van der Waals surface area (Å²) >= 11 is 7.89. The minimum Gasteiger partial charge on any atom is -0.309 e. The first kappa shape index (κ1) is 16.4. The summed E-state index contributed by atoms with van der Waals surface area (Å²) < 4.78 is 0. The molecule has 0 aliphatic heterocycles. The van der Waals surface area contributed by atoms with E-state index in [1.54, 1.807) is 0 Å². The van der Waals surface area contributed by atoms with Crippen molar-refractivity contribution in [3.63, 3.8) is 0 Å². The lowest BCUT2D eigenvalue weighted by atomic mass is 10.0. The van der Waals surface area contributed by atoms with Crippen molar-refractivity contribution in [1.82, 2.24) is 5.32 Å². The zero-order valence-corrected chi connectivity index (χ0v) is 14.2. The van der Waals surface area contributed by atoms with Gasteiger partial charge < -0.3 is 5.32 Å². The van der Waals surface area contributed by atoms with E-state index in [-0.39, 0.29) is 0 Å². The first-order chi connectivity index (χ1) is 10.2. The number of rotatable bonds is 7. The topological polar surface area (TPSA) is 12.0 Å². The number of aryl methyl sites for hydroxylation is 1. The summed E-state index contributed by atoms with van der Waals surface area (Å²) in [5.74, 6) is 1.00. The van der Waals surface area contributed by atoms with Crippen LogP contribution in [0.3, 0.4) is 0 Å². The van der Waals surface area contributed by atoms with Crippen molar-refractivity contribution in [2.24, 2.45) is 0 Å². The molecule has 1 nitrogen and oxygen atoms in total. The maximum absolute atomic E-state index is 6.05. The van der Waals surface area contributed by atoms with Crippen LogP contribution in [0.15, 0.2) is 53.4 Å². The van der Waals surface area contributed by atoms with Crippen LogP contribution in [0.5, 0.6) is 0 Å². The van der Waals surface area contributed by atoms with Crippen LogP contribution in [-0.2, 0) is 6.42 Å². The molecule has 0 fully saturated rings. The zero-order valence-electron chi connectivity index (χ0n) is 12.6. The molecule has 0 bridgehead atoms. The van der Waals surface area contributed by atoms with Crippen molar-refractivity contribution in [2.45, 2.75) is 31.2 Å². The van der Waals surface area contributed by atoms with Gasteiger partial charge in [0.2, 0.25) is 0 Å². The van der Waals surface area contributed by atoms with Gasteiger partial charge in [0.05, 0.1) is 0 Å². The molecular weight excluding hydrogens is 298 g/mol. The van der Waals surface area contributed by atoms with Gasteiger partial charge >= 0.3 is 0 Å². The number of benzene rings is 2. The Bertz CT molecular complexity index is 571. The molecule has 0 radical (unpaired) electrons. The van der Waals surface area contributed by atoms with Gasteiger partial charge in [-0.15, -0.1) is 11.8 Å². The van der Waals surface area contributed by atoms with Gasteiger partial charge in [-0.3, -0.25) is 0 Å². The molecule has 0 heterocycles. The Morgan fingerprint density at radius 3 is 2.62 bits per heavy atom. The molecule has 0 saturated carbocycles. The molecule has 1 unspecified atom stereocenters. The minimum atomic E-state index is 0.366. The number of thioether (sulfide) groups is 1. The summed E-state index contributed by atoms with van der Waals surface area (Å²) in [7, 11) is 0. The Morgan fingerprint density at radius 2 is 1.90 bits per heavy atom. The first-order valence-corrected chi connectivity index (χ1v) is 8.79. The molecular formula is C18H22ClNS. The van der Waals surface area contributed by atoms with Crippen LogP contribution in [0, 0.1) is 0 Å². The van der Waals surface area contributed by atoms with Crippen LogP contribution in [0.4, 0.5) is 0 Å². The van der Waals surface area contributed by atoms with E-state index in [1.165, 1.54) is 16.0 Å². The van der Waals surface area contributed by atoms with Crippen LogP contribution >= 0.6 is 23.4 Å². The van der Waals surface area contributed by atoms with E-state index in [4.69, 9.17) is 11.6 Å². The molecule has 21 heavy (non-hydrogen) atoms. The second-order valence-electron chi connectivity index (χ2n) is 4.98. The van der Waals surface area contributed by atoms with Crippen molar-refractivity contribution in [2.75, 3.05) is 12.3 Å². The van der Waals surface area contributed by atoms with Gasteiger partial charge in [0.25, 0.3) is 0 Å². The molecule has 2 aromatic rings. The van der Waals surface area contributed by atoms with Crippen LogP contribution in [-0.4, -0.2) is 12.3 Å². The van der Waals surface area contributed by atoms with Crippen LogP contribution in [0.25, 0.3) is 0 Å². The summed E-state index contributed by atoms with van der Waals surface area (Å²) in [6.45, 7) is 5.32. The Balaban J connectivity index is 2.07. The highest BCUT2D eigenvalue weighted by Crippen LogP contribution is 2.27. The number of hydrogen-bond acceptors (Lipinski definition) is 2. The highest BCUT2D eigenvalue weighted by atomic mass is 35.5. The van der Waals surface area contributed by atoms with E-state index < -0.39 is 0 Å². The molecule has 0 aliphatic carbocycles. The van der Waals surface area contributed by atoms with Gasteiger partial charge in [-0.05, 0) is 42.3 Å². The van der Waals surface area contributed by atoms with Crippen molar-refractivity contribution < 1.29 is 0 Å². The SMILES string of the molecule is CCNC(CSc1cccc(Cl)c1)c1cccc(CC)c1. The van der Waals surface area contributed by atoms with E-state index in [2.05, 4.69) is 49.5 Å². The van der Waals surface area contributed by atoms with Crippen molar-refractivity contribution in [3.05, 3.63) is 64.7 Å². The molecule has 1 atom stereocenters. The highest BCUT2D eigenvalue weighted by molar-refractivity contribution is 7.99. The Morgan fingerprint density at radius 1 is 1.10 bits per heavy atom. The van der Waals surface area contributed by atoms with E-state index in [0.29, 0.717) is 6.04 Å². The lowest BCUT2D eigenvalue weighted by Gasteiger charge is -2.19.